The second-order valence-corrected chi connectivity index (χ2v) is 5.57. The van der Waals surface area contributed by atoms with Crippen LogP contribution in [-0.2, 0) is 4.74 Å². The van der Waals surface area contributed by atoms with Gasteiger partial charge >= 0.3 is 0 Å². The molecule has 1 aliphatic heterocycles. The number of guanidine groups is 1. The number of nitrogens with zero attached hydrogens (tertiary/aromatic N) is 2. The Morgan fingerprint density at radius 3 is 2.87 bits per heavy atom. The number of ether oxygens (including phenoxy) is 1. The Kier molecular flexibility index (Phi) is 6.58. The second-order valence-electron chi connectivity index (χ2n) is 5.57. The quantitative estimate of drug-likeness (QED) is 0.474. The van der Waals surface area contributed by atoms with Gasteiger partial charge in [0.2, 0.25) is 0 Å². The van der Waals surface area contributed by atoms with Crippen molar-refractivity contribution >= 4 is 11.6 Å². The number of hydrogen-bond donors (Lipinski definition) is 2. The summed E-state index contributed by atoms with van der Waals surface area (Å²) in [6.07, 6.45) is 1.00. The van der Waals surface area contributed by atoms with E-state index >= 15 is 0 Å². The molecule has 0 aromatic heterocycles. The van der Waals surface area contributed by atoms with E-state index in [1.54, 1.807) is 20.2 Å². The summed E-state index contributed by atoms with van der Waals surface area (Å²) in [4.78, 5) is 6.23. The summed E-state index contributed by atoms with van der Waals surface area (Å²) in [5.74, 6) is -0.429. The molecule has 1 saturated heterocycles. The van der Waals surface area contributed by atoms with Crippen LogP contribution in [0.25, 0.3) is 0 Å². The Morgan fingerprint density at radius 2 is 2.17 bits per heavy atom. The van der Waals surface area contributed by atoms with Gasteiger partial charge in [-0.3, -0.25) is 4.99 Å². The minimum Gasteiger partial charge on any atom is -0.383 e. The van der Waals surface area contributed by atoms with Crippen LogP contribution in [0.15, 0.2) is 23.2 Å². The summed E-state index contributed by atoms with van der Waals surface area (Å²) in [7, 11) is 3.38. The second kappa shape index (κ2) is 8.67. The van der Waals surface area contributed by atoms with E-state index in [1.807, 2.05) is 0 Å². The zero-order valence-corrected chi connectivity index (χ0v) is 13.6. The van der Waals surface area contributed by atoms with Gasteiger partial charge in [0.15, 0.2) is 17.6 Å². The van der Waals surface area contributed by atoms with Crippen molar-refractivity contribution in [3.8, 4) is 0 Å². The molecule has 23 heavy (non-hydrogen) atoms. The van der Waals surface area contributed by atoms with Gasteiger partial charge in [-0.25, -0.2) is 8.78 Å². The summed E-state index contributed by atoms with van der Waals surface area (Å²) in [5, 5.41) is 6.45. The molecule has 0 saturated carbocycles. The standard InChI is InChI=1S/C16H24F2N4O/c1-19-16(20-6-8-23-2)21-10-12-5-7-22(11-12)13-3-4-14(17)15(18)9-13/h3-4,9,12H,5-8,10-11H2,1-2H3,(H2,19,20,21). The molecule has 0 radical (unpaired) electrons. The maximum atomic E-state index is 13.3. The van der Waals surface area contributed by atoms with Crippen LogP contribution < -0.4 is 15.5 Å². The molecule has 0 spiro atoms. The van der Waals surface area contributed by atoms with Crippen LogP contribution in [0.5, 0.6) is 0 Å². The molecule has 1 aromatic carbocycles. The third-order valence-corrected chi connectivity index (χ3v) is 3.93. The fourth-order valence-corrected chi connectivity index (χ4v) is 2.65. The van der Waals surface area contributed by atoms with E-state index in [1.165, 1.54) is 12.1 Å². The first kappa shape index (κ1) is 17.5. The molecule has 2 rings (SSSR count). The summed E-state index contributed by atoms with van der Waals surface area (Å²) in [5.41, 5.74) is 0.731. The summed E-state index contributed by atoms with van der Waals surface area (Å²) in [6, 6.07) is 4.06. The molecule has 1 heterocycles. The summed E-state index contributed by atoms with van der Waals surface area (Å²) >= 11 is 0. The molecule has 0 aliphatic carbocycles. The first-order valence-corrected chi connectivity index (χ1v) is 7.77. The first-order valence-electron chi connectivity index (χ1n) is 7.77. The number of aliphatic imine (C=N–C) groups is 1. The highest BCUT2D eigenvalue weighted by Crippen LogP contribution is 2.24. The van der Waals surface area contributed by atoms with Crippen molar-refractivity contribution < 1.29 is 13.5 Å². The van der Waals surface area contributed by atoms with E-state index in [2.05, 4.69) is 20.5 Å². The average Bonchev–Trinajstić information content (AvgIpc) is 3.02. The molecular formula is C16H24F2N4O. The fraction of sp³-hybridized carbons (Fsp3) is 0.562. The SMILES string of the molecule is CN=C(NCCOC)NCC1CCN(c2ccc(F)c(F)c2)C1. The van der Waals surface area contributed by atoms with Crippen molar-refractivity contribution in [2.75, 3.05) is 51.8 Å². The third-order valence-electron chi connectivity index (χ3n) is 3.93. The number of hydrogen-bond acceptors (Lipinski definition) is 3. The summed E-state index contributed by atoms with van der Waals surface area (Å²) in [6.45, 7) is 3.75. The van der Waals surface area contributed by atoms with E-state index in [9.17, 15) is 8.78 Å². The van der Waals surface area contributed by atoms with Gasteiger partial charge in [0.1, 0.15) is 0 Å². The molecule has 2 N–H and O–H groups in total. The zero-order valence-electron chi connectivity index (χ0n) is 13.6. The van der Waals surface area contributed by atoms with Crippen LogP contribution in [0.1, 0.15) is 6.42 Å². The van der Waals surface area contributed by atoms with Crippen molar-refractivity contribution in [1.82, 2.24) is 10.6 Å². The minimum absolute atomic E-state index is 0.434. The van der Waals surface area contributed by atoms with Crippen molar-refractivity contribution in [3.63, 3.8) is 0 Å². The van der Waals surface area contributed by atoms with Gasteiger partial charge < -0.3 is 20.3 Å². The Labute approximate surface area is 135 Å². The monoisotopic (exact) mass is 326 g/mol. The number of anilines is 1. The van der Waals surface area contributed by atoms with Crippen molar-refractivity contribution in [3.05, 3.63) is 29.8 Å². The smallest absolute Gasteiger partial charge is 0.191 e. The normalized spacial score (nSPS) is 18.3. The van der Waals surface area contributed by atoms with Crippen LogP contribution in [0, 0.1) is 17.6 Å². The van der Waals surface area contributed by atoms with Crippen LogP contribution in [-0.4, -0.2) is 52.9 Å². The van der Waals surface area contributed by atoms with Gasteiger partial charge in [-0.2, -0.15) is 0 Å². The maximum Gasteiger partial charge on any atom is 0.191 e. The van der Waals surface area contributed by atoms with Crippen LogP contribution >= 0.6 is 0 Å². The Balaban J connectivity index is 1.79. The predicted molar refractivity (Wildman–Crippen MR) is 87.9 cm³/mol. The highest BCUT2D eigenvalue weighted by molar-refractivity contribution is 5.79. The van der Waals surface area contributed by atoms with E-state index in [0.29, 0.717) is 19.1 Å². The summed E-state index contributed by atoms with van der Waals surface area (Å²) < 4.78 is 31.3. The lowest BCUT2D eigenvalue weighted by molar-refractivity contribution is 0.203. The van der Waals surface area contributed by atoms with Crippen molar-refractivity contribution in [2.24, 2.45) is 10.9 Å². The van der Waals surface area contributed by atoms with E-state index in [-0.39, 0.29) is 0 Å². The lowest BCUT2D eigenvalue weighted by Gasteiger charge is -2.19. The number of nitrogens with one attached hydrogen (secondary N) is 2. The molecule has 1 fully saturated rings. The van der Waals surface area contributed by atoms with Gasteiger partial charge in [0.25, 0.3) is 0 Å². The van der Waals surface area contributed by atoms with Crippen molar-refractivity contribution in [2.45, 2.75) is 6.42 Å². The predicted octanol–water partition coefficient (Wildman–Crippen LogP) is 1.60. The molecular weight excluding hydrogens is 302 g/mol. The van der Waals surface area contributed by atoms with Crippen LogP contribution in [0.3, 0.4) is 0 Å². The van der Waals surface area contributed by atoms with Gasteiger partial charge in [0, 0.05) is 52.1 Å². The first-order chi connectivity index (χ1) is 11.1. The average molecular weight is 326 g/mol. The molecule has 7 heteroatoms. The fourth-order valence-electron chi connectivity index (χ4n) is 2.65. The molecule has 0 amide bonds. The Morgan fingerprint density at radius 1 is 1.35 bits per heavy atom. The van der Waals surface area contributed by atoms with Gasteiger partial charge in [-0.15, -0.1) is 0 Å². The Bertz CT molecular complexity index is 539. The van der Waals surface area contributed by atoms with Gasteiger partial charge in [0.05, 0.1) is 6.61 Å². The maximum absolute atomic E-state index is 13.3. The van der Waals surface area contributed by atoms with Gasteiger partial charge in [-0.1, -0.05) is 0 Å². The molecule has 1 aliphatic rings. The molecule has 5 nitrogen and oxygen atoms in total. The highest BCUT2D eigenvalue weighted by atomic mass is 19.2. The van der Waals surface area contributed by atoms with E-state index < -0.39 is 11.6 Å². The van der Waals surface area contributed by atoms with Gasteiger partial charge in [-0.05, 0) is 24.5 Å². The van der Waals surface area contributed by atoms with E-state index in [0.717, 1.165) is 37.7 Å². The molecule has 1 aromatic rings. The molecule has 1 unspecified atom stereocenters. The third kappa shape index (κ3) is 5.06. The molecule has 1 atom stereocenters. The topological polar surface area (TPSA) is 48.9 Å². The zero-order chi connectivity index (χ0) is 16.7. The van der Waals surface area contributed by atoms with Crippen LogP contribution in [0.2, 0.25) is 0 Å². The Hall–Kier alpha value is -1.89. The number of benzene rings is 1. The lowest BCUT2D eigenvalue weighted by atomic mass is 10.1. The van der Waals surface area contributed by atoms with E-state index in [4.69, 9.17) is 4.74 Å². The number of halogens is 2. The lowest BCUT2D eigenvalue weighted by Crippen LogP contribution is -2.41. The number of rotatable bonds is 6. The van der Waals surface area contributed by atoms with Crippen LogP contribution in [0.4, 0.5) is 14.5 Å². The highest BCUT2D eigenvalue weighted by Gasteiger charge is 2.23. The minimum atomic E-state index is -0.808. The molecule has 128 valence electrons. The van der Waals surface area contributed by atoms with Crippen molar-refractivity contribution in [1.29, 1.82) is 0 Å². The number of methoxy groups -OCH3 is 1. The largest absolute Gasteiger partial charge is 0.383 e. The molecule has 0 bridgehead atoms.